The smallest absolute Gasteiger partial charge is 0.228 e. The van der Waals surface area contributed by atoms with Crippen LogP contribution in [0.15, 0.2) is 36.4 Å². The van der Waals surface area contributed by atoms with E-state index in [1.54, 1.807) is 6.07 Å². The summed E-state index contributed by atoms with van der Waals surface area (Å²) in [5.41, 5.74) is 3.98. The molecule has 0 aromatic heterocycles. The molecule has 0 spiro atoms. The first-order valence-electron chi connectivity index (χ1n) is 9.04. The lowest BCUT2D eigenvalue weighted by Gasteiger charge is -2.23. The lowest BCUT2D eigenvalue weighted by atomic mass is 9.97. The van der Waals surface area contributed by atoms with Crippen LogP contribution in [0.25, 0.3) is 11.1 Å². The third kappa shape index (κ3) is 3.15. The minimum Gasteiger partial charge on any atom is -0.504 e. The SMILES string of the molecule is Cc1ccccc1-c1cc(O)c2c(c1)CN(C(=O)[C@@H]1CCOC1)CCO2. The van der Waals surface area contributed by atoms with Crippen LogP contribution in [0.3, 0.4) is 0 Å². The Morgan fingerprint density at radius 3 is 2.85 bits per heavy atom. The van der Waals surface area contributed by atoms with Crippen LogP contribution in [0.2, 0.25) is 0 Å². The Labute approximate surface area is 153 Å². The molecule has 2 aromatic rings. The van der Waals surface area contributed by atoms with Crippen LogP contribution in [-0.2, 0) is 16.1 Å². The molecule has 1 fully saturated rings. The topological polar surface area (TPSA) is 59.0 Å². The molecule has 4 rings (SSSR count). The summed E-state index contributed by atoms with van der Waals surface area (Å²) in [6.07, 6.45) is 0.775. The van der Waals surface area contributed by atoms with Gasteiger partial charge in [-0.15, -0.1) is 0 Å². The van der Waals surface area contributed by atoms with Crippen molar-refractivity contribution >= 4 is 5.91 Å². The van der Waals surface area contributed by atoms with Crippen LogP contribution in [0.5, 0.6) is 11.5 Å². The maximum atomic E-state index is 12.8. The molecule has 2 heterocycles. The van der Waals surface area contributed by atoms with Crippen LogP contribution < -0.4 is 4.74 Å². The van der Waals surface area contributed by atoms with E-state index in [0.717, 1.165) is 28.7 Å². The monoisotopic (exact) mass is 353 g/mol. The van der Waals surface area contributed by atoms with Crippen molar-refractivity contribution in [3.8, 4) is 22.6 Å². The summed E-state index contributed by atoms with van der Waals surface area (Å²) in [6.45, 7) is 4.53. The average Bonchev–Trinajstić information content (AvgIpc) is 3.08. The van der Waals surface area contributed by atoms with Gasteiger partial charge in [0.1, 0.15) is 6.61 Å². The molecular weight excluding hydrogens is 330 g/mol. The number of carbonyl (C=O) groups excluding carboxylic acids is 1. The van der Waals surface area contributed by atoms with E-state index < -0.39 is 0 Å². The van der Waals surface area contributed by atoms with Gasteiger partial charge in [0, 0.05) is 18.7 Å². The molecule has 0 aliphatic carbocycles. The Hall–Kier alpha value is -2.53. The van der Waals surface area contributed by atoms with Crippen molar-refractivity contribution in [3.05, 3.63) is 47.5 Å². The van der Waals surface area contributed by atoms with E-state index in [2.05, 4.69) is 0 Å². The van der Waals surface area contributed by atoms with Crippen molar-refractivity contribution < 1.29 is 19.4 Å². The molecule has 0 unspecified atom stereocenters. The molecule has 2 aromatic carbocycles. The van der Waals surface area contributed by atoms with Gasteiger partial charge >= 0.3 is 0 Å². The predicted octanol–water partition coefficient (Wildman–Crippen LogP) is 3.13. The fourth-order valence-corrected chi connectivity index (χ4v) is 3.73. The van der Waals surface area contributed by atoms with E-state index in [-0.39, 0.29) is 17.6 Å². The zero-order chi connectivity index (χ0) is 18.1. The number of hydrogen-bond donors (Lipinski definition) is 1. The van der Waals surface area contributed by atoms with Crippen molar-refractivity contribution in [2.45, 2.75) is 19.9 Å². The predicted molar refractivity (Wildman–Crippen MR) is 98.1 cm³/mol. The number of carbonyl (C=O) groups is 1. The molecule has 5 heteroatoms. The van der Waals surface area contributed by atoms with Crippen molar-refractivity contribution in [1.29, 1.82) is 0 Å². The minimum atomic E-state index is -0.0651. The lowest BCUT2D eigenvalue weighted by Crippen LogP contribution is -2.37. The molecule has 0 bridgehead atoms. The fraction of sp³-hybridized carbons (Fsp3) is 0.381. The van der Waals surface area contributed by atoms with Crippen molar-refractivity contribution in [3.63, 3.8) is 0 Å². The van der Waals surface area contributed by atoms with E-state index in [1.807, 2.05) is 42.2 Å². The number of ether oxygens (including phenoxy) is 2. The molecule has 1 saturated heterocycles. The second-order valence-electron chi connectivity index (χ2n) is 6.97. The number of phenols is 1. The van der Waals surface area contributed by atoms with Crippen molar-refractivity contribution in [2.24, 2.45) is 5.92 Å². The molecule has 1 amide bonds. The summed E-state index contributed by atoms with van der Waals surface area (Å²) in [6, 6.07) is 11.8. The molecule has 0 saturated carbocycles. The number of benzene rings is 2. The first-order chi connectivity index (χ1) is 12.6. The van der Waals surface area contributed by atoms with Gasteiger partial charge in [-0.25, -0.2) is 0 Å². The molecule has 1 atom stereocenters. The number of hydrogen-bond acceptors (Lipinski definition) is 4. The minimum absolute atomic E-state index is 0.0651. The summed E-state index contributed by atoms with van der Waals surface area (Å²) in [4.78, 5) is 14.6. The van der Waals surface area contributed by atoms with Gasteiger partial charge < -0.3 is 19.5 Å². The molecule has 0 radical (unpaired) electrons. The molecule has 1 N–H and O–H groups in total. The second kappa shape index (κ2) is 7.00. The number of phenolic OH excluding ortho intramolecular Hbond substituents is 1. The lowest BCUT2D eigenvalue weighted by molar-refractivity contribution is -0.136. The highest BCUT2D eigenvalue weighted by Gasteiger charge is 2.30. The van der Waals surface area contributed by atoms with E-state index in [0.29, 0.717) is 38.7 Å². The highest BCUT2D eigenvalue weighted by Crippen LogP contribution is 2.38. The first kappa shape index (κ1) is 16.9. The van der Waals surface area contributed by atoms with Gasteiger partial charge in [-0.1, -0.05) is 24.3 Å². The Balaban J connectivity index is 1.68. The summed E-state index contributed by atoms with van der Waals surface area (Å²) in [5.74, 6) is 0.656. The average molecular weight is 353 g/mol. The number of aromatic hydroxyl groups is 1. The summed E-state index contributed by atoms with van der Waals surface area (Å²) >= 11 is 0. The molecule has 2 aliphatic heterocycles. The van der Waals surface area contributed by atoms with Crippen LogP contribution >= 0.6 is 0 Å². The van der Waals surface area contributed by atoms with E-state index in [4.69, 9.17) is 9.47 Å². The van der Waals surface area contributed by atoms with Gasteiger partial charge in [-0.05, 0) is 42.2 Å². The van der Waals surface area contributed by atoms with E-state index >= 15 is 0 Å². The normalized spacial score (nSPS) is 19.6. The molecule has 26 heavy (non-hydrogen) atoms. The summed E-state index contributed by atoms with van der Waals surface area (Å²) in [5, 5.41) is 10.5. The Morgan fingerprint density at radius 2 is 2.08 bits per heavy atom. The highest BCUT2D eigenvalue weighted by atomic mass is 16.5. The van der Waals surface area contributed by atoms with Gasteiger partial charge in [-0.3, -0.25) is 4.79 Å². The van der Waals surface area contributed by atoms with Crippen LogP contribution in [0.1, 0.15) is 17.5 Å². The maximum Gasteiger partial charge on any atom is 0.228 e. The van der Waals surface area contributed by atoms with Gasteiger partial charge in [0.25, 0.3) is 0 Å². The Bertz CT molecular complexity index is 827. The number of amides is 1. The van der Waals surface area contributed by atoms with Gasteiger partial charge in [0.2, 0.25) is 5.91 Å². The Morgan fingerprint density at radius 1 is 1.23 bits per heavy atom. The van der Waals surface area contributed by atoms with E-state index in [9.17, 15) is 9.90 Å². The van der Waals surface area contributed by atoms with Gasteiger partial charge in [-0.2, -0.15) is 0 Å². The van der Waals surface area contributed by atoms with Crippen LogP contribution in [0, 0.1) is 12.8 Å². The zero-order valence-corrected chi connectivity index (χ0v) is 14.9. The number of nitrogens with zero attached hydrogens (tertiary/aromatic N) is 1. The summed E-state index contributed by atoms with van der Waals surface area (Å²) in [7, 11) is 0. The quantitative estimate of drug-likeness (QED) is 0.901. The highest BCUT2D eigenvalue weighted by molar-refractivity contribution is 5.80. The number of fused-ring (bicyclic) bond motifs is 1. The first-order valence-corrected chi connectivity index (χ1v) is 9.04. The van der Waals surface area contributed by atoms with E-state index in [1.165, 1.54) is 0 Å². The zero-order valence-electron chi connectivity index (χ0n) is 14.9. The summed E-state index contributed by atoms with van der Waals surface area (Å²) < 4.78 is 11.1. The second-order valence-corrected chi connectivity index (χ2v) is 6.97. The van der Waals surface area contributed by atoms with Gasteiger partial charge in [0.05, 0.1) is 19.1 Å². The third-order valence-corrected chi connectivity index (χ3v) is 5.16. The standard InChI is InChI=1S/C21H23NO4/c1-14-4-2-3-5-18(14)16-10-17-12-22(21(24)15-6-8-25-13-15)7-9-26-20(17)19(23)11-16/h2-5,10-11,15,23H,6-9,12-13H2,1H3/t15-/m1/s1. The van der Waals surface area contributed by atoms with Crippen LogP contribution in [0.4, 0.5) is 0 Å². The van der Waals surface area contributed by atoms with Crippen molar-refractivity contribution in [1.82, 2.24) is 4.90 Å². The van der Waals surface area contributed by atoms with Gasteiger partial charge in [0.15, 0.2) is 11.5 Å². The fourth-order valence-electron chi connectivity index (χ4n) is 3.73. The maximum absolute atomic E-state index is 12.8. The largest absolute Gasteiger partial charge is 0.504 e. The molecule has 2 aliphatic rings. The third-order valence-electron chi connectivity index (χ3n) is 5.16. The molecular formula is C21H23NO4. The molecule has 136 valence electrons. The molecule has 5 nitrogen and oxygen atoms in total. The van der Waals surface area contributed by atoms with Crippen molar-refractivity contribution in [2.75, 3.05) is 26.4 Å². The Kier molecular flexibility index (Phi) is 4.55. The van der Waals surface area contributed by atoms with Crippen LogP contribution in [-0.4, -0.2) is 42.3 Å². The number of aryl methyl sites for hydroxylation is 1. The number of rotatable bonds is 2.